The average Bonchev–Trinajstić information content (AvgIpc) is 2.91. The van der Waals surface area contributed by atoms with Crippen molar-refractivity contribution in [1.82, 2.24) is 14.9 Å². The number of piperidine rings is 1. The van der Waals surface area contributed by atoms with Crippen LogP contribution < -0.4 is 4.90 Å². The molecule has 1 atom stereocenters. The molecule has 0 N–H and O–H groups in total. The summed E-state index contributed by atoms with van der Waals surface area (Å²) in [4.78, 5) is 26.2. The van der Waals surface area contributed by atoms with Gasteiger partial charge in [-0.15, -0.1) is 0 Å². The van der Waals surface area contributed by atoms with Gasteiger partial charge in [-0.3, -0.25) is 4.79 Å². The van der Waals surface area contributed by atoms with Crippen molar-refractivity contribution in [2.24, 2.45) is 11.8 Å². The Bertz CT molecular complexity index is 769. The van der Waals surface area contributed by atoms with Gasteiger partial charge in [0.2, 0.25) is 11.9 Å². The molecule has 1 aromatic carbocycles. The standard InChI is InChI=1S/C22H26N4O/c27-21-20(9-4-5-14-26(21)17-18-7-2-1-3-8-18)19-10-15-25(16-11-19)22-23-12-6-13-24-22/h1-8,12-13,19-20H,9-11,14-17H2/t20-/m1/s1. The van der Waals surface area contributed by atoms with Gasteiger partial charge in [-0.05, 0) is 36.8 Å². The van der Waals surface area contributed by atoms with Crippen LogP contribution in [0.2, 0.25) is 0 Å². The lowest BCUT2D eigenvalue weighted by atomic mass is 9.81. The summed E-state index contributed by atoms with van der Waals surface area (Å²) in [6.07, 6.45) is 10.8. The maximum atomic E-state index is 13.2. The van der Waals surface area contributed by atoms with E-state index in [1.807, 2.05) is 29.2 Å². The van der Waals surface area contributed by atoms with Crippen LogP contribution in [0.25, 0.3) is 0 Å². The third-order valence-electron chi connectivity index (χ3n) is 5.67. The van der Waals surface area contributed by atoms with E-state index in [4.69, 9.17) is 0 Å². The van der Waals surface area contributed by atoms with E-state index in [1.54, 1.807) is 12.4 Å². The average molecular weight is 362 g/mol. The van der Waals surface area contributed by atoms with Gasteiger partial charge in [0.05, 0.1) is 0 Å². The Morgan fingerprint density at radius 1 is 0.963 bits per heavy atom. The first-order chi connectivity index (χ1) is 13.3. The second kappa shape index (κ2) is 8.33. The predicted molar refractivity (Wildman–Crippen MR) is 106 cm³/mol. The largest absolute Gasteiger partial charge is 0.341 e. The van der Waals surface area contributed by atoms with Gasteiger partial charge in [0, 0.05) is 44.5 Å². The van der Waals surface area contributed by atoms with Crippen molar-refractivity contribution in [1.29, 1.82) is 0 Å². The highest BCUT2D eigenvalue weighted by atomic mass is 16.2. The van der Waals surface area contributed by atoms with E-state index in [0.29, 0.717) is 24.9 Å². The third-order valence-corrected chi connectivity index (χ3v) is 5.67. The lowest BCUT2D eigenvalue weighted by Gasteiger charge is -2.36. The lowest BCUT2D eigenvalue weighted by Crippen LogP contribution is -2.42. The van der Waals surface area contributed by atoms with Crippen molar-refractivity contribution in [3.63, 3.8) is 0 Å². The van der Waals surface area contributed by atoms with Gasteiger partial charge in [-0.1, -0.05) is 42.5 Å². The van der Waals surface area contributed by atoms with Crippen LogP contribution in [0.15, 0.2) is 60.9 Å². The van der Waals surface area contributed by atoms with Crippen LogP contribution in [-0.4, -0.2) is 40.4 Å². The quantitative estimate of drug-likeness (QED) is 0.783. The van der Waals surface area contributed by atoms with E-state index in [9.17, 15) is 4.79 Å². The number of amides is 1. The molecule has 0 radical (unpaired) electrons. The van der Waals surface area contributed by atoms with Gasteiger partial charge in [-0.25, -0.2) is 9.97 Å². The Balaban J connectivity index is 1.40. The van der Waals surface area contributed by atoms with E-state index >= 15 is 0 Å². The van der Waals surface area contributed by atoms with Crippen LogP contribution >= 0.6 is 0 Å². The Labute approximate surface area is 160 Å². The van der Waals surface area contributed by atoms with Crippen LogP contribution in [0.5, 0.6) is 0 Å². The van der Waals surface area contributed by atoms with Crippen molar-refractivity contribution in [2.75, 3.05) is 24.5 Å². The fourth-order valence-corrected chi connectivity index (χ4v) is 4.17. The van der Waals surface area contributed by atoms with E-state index in [0.717, 1.165) is 38.3 Å². The summed E-state index contributed by atoms with van der Waals surface area (Å²) in [7, 11) is 0. The Kier molecular flexibility index (Phi) is 5.47. The number of anilines is 1. The summed E-state index contributed by atoms with van der Waals surface area (Å²) in [6, 6.07) is 12.1. The second-order valence-electron chi connectivity index (χ2n) is 7.39. The number of carbonyl (C=O) groups is 1. The number of carbonyl (C=O) groups excluding carboxylic acids is 1. The molecule has 1 amide bonds. The van der Waals surface area contributed by atoms with E-state index < -0.39 is 0 Å². The number of rotatable bonds is 4. The Morgan fingerprint density at radius 3 is 2.44 bits per heavy atom. The number of hydrogen-bond acceptors (Lipinski definition) is 4. The predicted octanol–water partition coefficient (Wildman–Crippen LogP) is 3.30. The van der Waals surface area contributed by atoms with Gasteiger partial charge in [0.25, 0.3) is 0 Å². The molecule has 5 heteroatoms. The molecule has 0 aliphatic carbocycles. The molecule has 0 saturated carbocycles. The SMILES string of the molecule is O=C1[C@@H](C2CCN(c3ncccn3)CC2)CC=CCN1Cc1ccccc1. The summed E-state index contributed by atoms with van der Waals surface area (Å²) in [5.74, 6) is 1.62. The Hall–Kier alpha value is -2.69. The first kappa shape index (κ1) is 17.7. The van der Waals surface area contributed by atoms with Crippen molar-refractivity contribution in [3.8, 4) is 0 Å². The van der Waals surface area contributed by atoms with Crippen molar-refractivity contribution >= 4 is 11.9 Å². The Morgan fingerprint density at radius 2 is 1.70 bits per heavy atom. The van der Waals surface area contributed by atoms with Crippen molar-refractivity contribution in [3.05, 3.63) is 66.5 Å². The first-order valence-corrected chi connectivity index (χ1v) is 9.81. The summed E-state index contributed by atoms with van der Waals surface area (Å²) in [5, 5.41) is 0. The van der Waals surface area contributed by atoms with Crippen LogP contribution in [0.1, 0.15) is 24.8 Å². The minimum atomic E-state index is 0.0892. The smallest absolute Gasteiger partial charge is 0.226 e. The van der Waals surface area contributed by atoms with Crippen LogP contribution in [0, 0.1) is 11.8 Å². The number of nitrogens with zero attached hydrogens (tertiary/aromatic N) is 4. The highest BCUT2D eigenvalue weighted by molar-refractivity contribution is 5.80. The number of allylic oxidation sites excluding steroid dienone is 1. The molecule has 140 valence electrons. The maximum absolute atomic E-state index is 13.2. The highest BCUT2D eigenvalue weighted by Crippen LogP contribution is 2.31. The zero-order valence-corrected chi connectivity index (χ0v) is 15.6. The molecule has 0 bridgehead atoms. The zero-order chi connectivity index (χ0) is 18.5. The van der Waals surface area contributed by atoms with Gasteiger partial charge >= 0.3 is 0 Å². The third kappa shape index (κ3) is 4.18. The fraction of sp³-hybridized carbons (Fsp3) is 0.409. The van der Waals surface area contributed by atoms with Crippen LogP contribution in [0.3, 0.4) is 0 Å². The number of aromatic nitrogens is 2. The topological polar surface area (TPSA) is 49.3 Å². The normalized spacial score (nSPS) is 21.3. The molecule has 27 heavy (non-hydrogen) atoms. The van der Waals surface area contributed by atoms with E-state index in [1.165, 1.54) is 5.56 Å². The molecule has 5 nitrogen and oxygen atoms in total. The molecule has 0 unspecified atom stereocenters. The van der Waals surface area contributed by atoms with Gasteiger partial charge in [0.1, 0.15) is 0 Å². The molecule has 3 heterocycles. The van der Waals surface area contributed by atoms with Crippen LogP contribution in [0.4, 0.5) is 5.95 Å². The van der Waals surface area contributed by atoms with Crippen LogP contribution in [-0.2, 0) is 11.3 Å². The molecule has 1 fully saturated rings. The zero-order valence-electron chi connectivity index (χ0n) is 15.6. The molecular formula is C22H26N4O. The molecule has 4 rings (SSSR count). The fourth-order valence-electron chi connectivity index (χ4n) is 4.17. The summed E-state index contributed by atoms with van der Waals surface area (Å²) in [6.45, 7) is 3.24. The molecule has 2 aromatic rings. The summed E-state index contributed by atoms with van der Waals surface area (Å²) < 4.78 is 0. The maximum Gasteiger partial charge on any atom is 0.226 e. The molecule has 1 aromatic heterocycles. The summed E-state index contributed by atoms with van der Waals surface area (Å²) in [5.41, 5.74) is 1.19. The molecule has 0 spiro atoms. The molecule has 2 aliphatic rings. The van der Waals surface area contributed by atoms with Crippen molar-refractivity contribution < 1.29 is 4.79 Å². The molecular weight excluding hydrogens is 336 g/mol. The minimum absolute atomic E-state index is 0.0892. The number of hydrogen-bond donors (Lipinski definition) is 0. The molecule has 1 saturated heterocycles. The number of benzene rings is 1. The van der Waals surface area contributed by atoms with Gasteiger partial charge in [-0.2, -0.15) is 0 Å². The molecule has 2 aliphatic heterocycles. The monoisotopic (exact) mass is 362 g/mol. The summed E-state index contributed by atoms with van der Waals surface area (Å²) >= 11 is 0. The minimum Gasteiger partial charge on any atom is -0.341 e. The van der Waals surface area contributed by atoms with E-state index in [2.05, 4.69) is 39.2 Å². The van der Waals surface area contributed by atoms with Gasteiger partial charge in [0.15, 0.2) is 0 Å². The van der Waals surface area contributed by atoms with Crippen molar-refractivity contribution in [2.45, 2.75) is 25.8 Å². The van der Waals surface area contributed by atoms with E-state index in [-0.39, 0.29) is 5.92 Å². The highest BCUT2D eigenvalue weighted by Gasteiger charge is 2.34. The first-order valence-electron chi connectivity index (χ1n) is 9.81. The van der Waals surface area contributed by atoms with Gasteiger partial charge < -0.3 is 9.80 Å². The lowest BCUT2D eigenvalue weighted by molar-refractivity contribution is -0.137. The second-order valence-corrected chi connectivity index (χ2v) is 7.39.